The van der Waals surface area contributed by atoms with Crippen molar-refractivity contribution in [1.29, 1.82) is 0 Å². The Morgan fingerprint density at radius 3 is 2.48 bits per heavy atom. The van der Waals surface area contributed by atoms with E-state index in [4.69, 9.17) is 0 Å². The molecule has 25 heavy (non-hydrogen) atoms. The van der Waals surface area contributed by atoms with Crippen LogP contribution in [-0.2, 0) is 7.05 Å². The van der Waals surface area contributed by atoms with Crippen LogP contribution in [0.4, 0.5) is 5.69 Å². The number of aromatic nitrogens is 2. The summed E-state index contributed by atoms with van der Waals surface area (Å²) in [7, 11) is 1.56. The molecule has 1 amide bonds. The zero-order chi connectivity index (χ0) is 18.1. The van der Waals surface area contributed by atoms with Crippen LogP contribution in [-0.4, -0.2) is 51.9 Å². The Morgan fingerprint density at radius 1 is 1.16 bits per heavy atom. The second-order valence-corrected chi connectivity index (χ2v) is 6.31. The van der Waals surface area contributed by atoms with Crippen LogP contribution in [0.3, 0.4) is 0 Å². The molecule has 0 aliphatic carbocycles. The fourth-order valence-corrected chi connectivity index (χ4v) is 3.12. The summed E-state index contributed by atoms with van der Waals surface area (Å²) in [5.74, 6) is -0.0125. The number of hydrogen-bond acceptors (Lipinski definition) is 5. The van der Waals surface area contributed by atoms with E-state index in [1.54, 1.807) is 44.0 Å². The Labute approximate surface area is 146 Å². The number of piperazine rings is 1. The Kier molecular flexibility index (Phi) is 4.48. The van der Waals surface area contributed by atoms with Crippen molar-refractivity contribution in [3.63, 3.8) is 0 Å². The molecule has 0 atom stereocenters. The van der Waals surface area contributed by atoms with Gasteiger partial charge in [-0.2, -0.15) is 5.10 Å². The summed E-state index contributed by atoms with van der Waals surface area (Å²) in [6, 6.07) is 7.08. The summed E-state index contributed by atoms with van der Waals surface area (Å²) >= 11 is 0. The summed E-state index contributed by atoms with van der Waals surface area (Å²) in [5, 5.41) is 13.7. The second kappa shape index (κ2) is 6.58. The number of benzene rings is 1. The molecular weight excluding hydrogens is 320 g/mol. The molecule has 1 saturated heterocycles. The monoisotopic (exact) mass is 342 g/mol. The van der Waals surface area contributed by atoms with Crippen LogP contribution >= 0.6 is 0 Å². The highest BCUT2D eigenvalue weighted by Crippen LogP contribution is 2.21. The molecule has 0 radical (unpaired) electrons. The highest BCUT2D eigenvalue weighted by Gasteiger charge is 2.26. The van der Waals surface area contributed by atoms with E-state index in [1.807, 2.05) is 6.07 Å². The minimum absolute atomic E-state index is 0.209. The first-order chi connectivity index (χ1) is 11.9. The van der Waals surface area contributed by atoms with Crippen LogP contribution in [0.25, 0.3) is 0 Å². The lowest BCUT2D eigenvalue weighted by Gasteiger charge is -2.36. The van der Waals surface area contributed by atoms with Gasteiger partial charge < -0.3 is 14.9 Å². The summed E-state index contributed by atoms with van der Waals surface area (Å²) in [5.41, 5.74) is 2.11. The maximum atomic E-state index is 12.9. The third-order valence-corrected chi connectivity index (χ3v) is 4.70. The number of aromatic hydroxyl groups is 1. The van der Waals surface area contributed by atoms with Crippen LogP contribution in [0.2, 0.25) is 0 Å². The number of phenols is 1. The van der Waals surface area contributed by atoms with E-state index in [9.17, 15) is 14.7 Å². The van der Waals surface area contributed by atoms with Crippen molar-refractivity contribution >= 4 is 11.6 Å². The van der Waals surface area contributed by atoms with Crippen LogP contribution < -0.4 is 10.5 Å². The normalized spacial score (nSPS) is 14.7. The number of carbonyl (C=O) groups excluding carboxylic acids is 1. The van der Waals surface area contributed by atoms with Crippen LogP contribution in [0, 0.1) is 13.8 Å². The van der Waals surface area contributed by atoms with Crippen molar-refractivity contribution in [2.24, 2.45) is 7.05 Å². The number of amides is 1. The molecule has 132 valence electrons. The van der Waals surface area contributed by atoms with Gasteiger partial charge in [0.1, 0.15) is 11.3 Å². The number of carbonyl (C=O) groups is 1. The first-order valence-corrected chi connectivity index (χ1v) is 8.26. The Morgan fingerprint density at radius 2 is 1.84 bits per heavy atom. The molecule has 1 aliphatic heterocycles. The lowest BCUT2D eigenvalue weighted by Crippen LogP contribution is -2.50. The van der Waals surface area contributed by atoms with Crippen molar-refractivity contribution in [2.45, 2.75) is 13.8 Å². The maximum Gasteiger partial charge on any atom is 0.279 e. The molecule has 7 nitrogen and oxygen atoms in total. The Bertz CT molecular complexity index is 867. The van der Waals surface area contributed by atoms with E-state index < -0.39 is 0 Å². The molecular formula is C18H22N4O3. The number of phenolic OH excluding ortho intramolecular Hbond substituents is 1. The van der Waals surface area contributed by atoms with E-state index >= 15 is 0 Å². The van der Waals surface area contributed by atoms with Crippen LogP contribution in [0.1, 0.15) is 21.6 Å². The molecule has 2 heterocycles. The smallest absolute Gasteiger partial charge is 0.279 e. The summed E-state index contributed by atoms with van der Waals surface area (Å²) in [6.07, 6.45) is 0. The Balaban J connectivity index is 1.78. The minimum Gasteiger partial charge on any atom is -0.508 e. The van der Waals surface area contributed by atoms with Gasteiger partial charge in [-0.1, -0.05) is 6.07 Å². The summed E-state index contributed by atoms with van der Waals surface area (Å²) in [6.45, 7) is 5.92. The number of anilines is 1. The Hall–Kier alpha value is -2.83. The van der Waals surface area contributed by atoms with Gasteiger partial charge in [-0.25, -0.2) is 4.68 Å². The van der Waals surface area contributed by atoms with Gasteiger partial charge in [0.05, 0.1) is 5.69 Å². The van der Waals surface area contributed by atoms with Crippen molar-refractivity contribution in [1.82, 2.24) is 14.7 Å². The summed E-state index contributed by atoms with van der Waals surface area (Å²) in [4.78, 5) is 29.1. The SMILES string of the molecule is Cc1nn(C)c(=O)c(C(=O)N2CCN(c3cccc(O)c3)CC2)c1C. The molecule has 0 unspecified atom stereocenters. The fourth-order valence-electron chi connectivity index (χ4n) is 3.12. The first kappa shape index (κ1) is 17.0. The van der Waals surface area contributed by atoms with E-state index in [0.29, 0.717) is 37.4 Å². The molecule has 0 spiro atoms. The van der Waals surface area contributed by atoms with Gasteiger partial charge in [0, 0.05) is 45.0 Å². The molecule has 1 aliphatic rings. The summed E-state index contributed by atoms with van der Waals surface area (Å²) < 4.78 is 1.22. The third kappa shape index (κ3) is 3.22. The molecule has 1 aromatic heterocycles. The molecule has 1 fully saturated rings. The average molecular weight is 342 g/mol. The van der Waals surface area contributed by atoms with Crippen LogP contribution in [0.15, 0.2) is 29.1 Å². The standard InChI is InChI=1S/C18H22N4O3/c1-12-13(2)19-20(3)17(24)16(12)18(25)22-9-7-21(8-10-22)14-5-4-6-15(23)11-14/h4-6,11,23H,7-10H2,1-3H3. The molecule has 1 N–H and O–H groups in total. The fraction of sp³-hybridized carbons (Fsp3) is 0.389. The zero-order valence-electron chi connectivity index (χ0n) is 14.7. The predicted octanol–water partition coefficient (Wildman–Crippen LogP) is 1.07. The van der Waals surface area contributed by atoms with Gasteiger partial charge in [-0.15, -0.1) is 0 Å². The molecule has 1 aromatic carbocycles. The largest absolute Gasteiger partial charge is 0.508 e. The van der Waals surface area contributed by atoms with E-state index in [0.717, 1.165) is 5.69 Å². The molecule has 7 heteroatoms. The zero-order valence-corrected chi connectivity index (χ0v) is 14.7. The highest BCUT2D eigenvalue weighted by atomic mass is 16.3. The number of rotatable bonds is 2. The van der Waals surface area contributed by atoms with Crippen LogP contribution in [0.5, 0.6) is 5.75 Å². The van der Waals surface area contributed by atoms with Gasteiger partial charge in [0.15, 0.2) is 0 Å². The lowest BCUT2D eigenvalue weighted by molar-refractivity contribution is 0.0743. The number of hydrogen-bond donors (Lipinski definition) is 1. The van der Waals surface area contributed by atoms with Crippen molar-refractivity contribution in [3.05, 3.63) is 51.4 Å². The average Bonchev–Trinajstić information content (AvgIpc) is 2.60. The number of nitrogens with zero attached hydrogens (tertiary/aromatic N) is 4. The van der Waals surface area contributed by atoms with Gasteiger partial charge in [0.25, 0.3) is 11.5 Å². The molecule has 0 saturated carbocycles. The van der Waals surface area contributed by atoms with E-state index in [2.05, 4.69) is 10.00 Å². The minimum atomic E-state index is -0.358. The topological polar surface area (TPSA) is 78.7 Å². The van der Waals surface area contributed by atoms with Gasteiger partial charge in [0.2, 0.25) is 0 Å². The van der Waals surface area contributed by atoms with Gasteiger partial charge in [-0.3, -0.25) is 9.59 Å². The lowest BCUT2D eigenvalue weighted by atomic mass is 10.1. The van der Waals surface area contributed by atoms with E-state index in [1.165, 1.54) is 4.68 Å². The van der Waals surface area contributed by atoms with Gasteiger partial charge in [-0.05, 0) is 31.5 Å². The van der Waals surface area contributed by atoms with Gasteiger partial charge >= 0.3 is 0 Å². The van der Waals surface area contributed by atoms with Crippen molar-refractivity contribution < 1.29 is 9.90 Å². The van der Waals surface area contributed by atoms with Crippen molar-refractivity contribution in [3.8, 4) is 5.75 Å². The van der Waals surface area contributed by atoms with Crippen molar-refractivity contribution in [2.75, 3.05) is 31.1 Å². The second-order valence-electron chi connectivity index (χ2n) is 6.31. The molecule has 2 aromatic rings. The quantitative estimate of drug-likeness (QED) is 0.883. The third-order valence-electron chi connectivity index (χ3n) is 4.70. The highest BCUT2D eigenvalue weighted by molar-refractivity contribution is 5.95. The number of aryl methyl sites for hydroxylation is 2. The first-order valence-electron chi connectivity index (χ1n) is 8.26. The van der Waals surface area contributed by atoms with E-state index in [-0.39, 0.29) is 22.8 Å². The maximum absolute atomic E-state index is 12.9. The molecule has 0 bridgehead atoms. The predicted molar refractivity (Wildman–Crippen MR) is 95.2 cm³/mol. The molecule has 3 rings (SSSR count).